The van der Waals surface area contributed by atoms with Crippen LogP contribution in [0.4, 0.5) is 0 Å². The Morgan fingerprint density at radius 2 is 1.29 bits per heavy atom. The molecule has 7 heteroatoms. The van der Waals surface area contributed by atoms with Crippen LogP contribution in [-0.2, 0) is 4.79 Å². The summed E-state index contributed by atoms with van der Waals surface area (Å²) < 4.78 is 0.363. The maximum Gasteiger partial charge on any atom is 0.218 e. The van der Waals surface area contributed by atoms with Crippen LogP contribution in [0.25, 0.3) is 0 Å². The summed E-state index contributed by atoms with van der Waals surface area (Å²) in [6.07, 6.45) is 3.41. The van der Waals surface area contributed by atoms with Crippen LogP contribution >= 0.6 is 35.4 Å². The molecular weight excluding hydrogens is 329 g/mol. The highest BCUT2D eigenvalue weighted by Gasteiger charge is 1.81. The van der Waals surface area contributed by atoms with E-state index < -0.39 is 0 Å². The lowest BCUT2D eigenvalue weighted by Gasteiger charge is -1.94. The lowest BCUT2D eigenvalue weighted by Crippen LogP contribution is -2.16. The minimum absolute atomic E-state index is 0.361. The molecule has 0 bridgehead atoms. The van der Waals surface area contributed by atoms with Gasteiger partial charge in [-0.15, -0.1) is 0 Å². The van der Waals surface area contributed by atoms with E-state index in [4.69, 9.17) is 23.1 Å². The second kappa shape index (κ2) is 42.7. The predicted octanol–water partition coefficient (Wildman–Crippen LogP) is 4.02. The number of rotatable bonds is 3. The highest BCUT2D eigenvalue weighted by molar-refractivity contribution is 7.83. The first kappa shape index (κ1) is 32.9. The third-order valence-corrected chi connectivity index (χ3v) is 1.08. The number of hydrogen-bond donors (Lipinski definition) is 3. The molecule has 0 unspecified atom stereocenters. The van der Waals surface area contributed by atoms with E-state index >= 15 is 0 Å². The van der Waals surface area contributed by atoms with Crippen LogP contribution in [0.1, 0.15) is 60.8 Å². The van der Waals surface area contributed by atoms with Crippen LogP contribution in [-0.4, -0.2) is 29.3 Å². The molecule has 0 aliphatic carbocycles. The molecule has 0 spiro atoms. The van der Waals surface area contributed by atoms with E-state index in [1.54, 1.807) is 0 Å². The summed E-state index contributed by atoms with van der Waals surface area (Å²) in [5, 5.41) is 2.43. The Kier molecular flexibility index (Phi) is 66.8. The first-order chi connectivity index (χ1) is 9.74. The van der Waals surface area contributed by atoms with Crippen molar-refractivity contribution >= 4 is 45.1 Å². The van der Waals surface area contributed by atoms with Crippen LogP contribution in [0.15, 0.2) is 0 Å². The van der Waals surface area contributed by atoms with E-state index in [1.807, 2.05) is 6.92 Å². The van der Waals surface area contributed by atoms with Crippen molar-refractivity contribution in [1.82, 2.24) is 5.32 Å². The zero-order chi connectivity index (χ0) is 18.1. The third kappa shape index (κ3) is 256. The van der Waals surface area contributed by atoms with Crippen LogP contribution in [0.2, 0.25) is 0 Å². The lowest BCUT2D eigenvalue weighted by molar-refractivity contribution is -0.109. The van der Waals surface area contributed by atoms with Gasteiger partial charge >= 0.3 is 0 Å². The standard InChI is InChI=1S/C4H8ClNS.C3H9N.C3H8.C2H3ClO.C2H7N/c1-2-3-6-4(5)7;1-2-3-4;1-3-2;1-2(3)4;1-2-3/h2-3H2,1H3,(H,6,7);2-4H2,1H3;3H2,1-2H3;1H3;2-3H2,1H3. The molecule has 0 saturated carbocycles. The number of nitrogens with two attached hydrogens (primary N) is 2. The Balaban J connectivity index is -0.0000000535. The molecule has 0 fully saturated rings. The van der Waals surface area contributed by atoms with Gasteiger partial charge in [0.2, 0.25) is 5.24 Å². The molecule has 0 amide bonds. The first-order valence-corrected chi connectivity index (χ1v) is 8.41. The Morgan fingerprint density at radius 1 is 1.05 bits per heavy atom. The van der Waals surface area contributed by atoms with Gasteiger partial charge in [-0.3, -0.25) is 4.79 Å². The molecule has 0 aromatic carbocycles. The number of carbonyl (C=O) groups is 1. The normalized spacial score (nSPS) is 7.14. The van der Waals surface area contributed by atoms with Crippen LogP contribution in [0.3, 0.4) is 0 Å². The summed E-state index contributed by atoms with van der Waals surface area (Å²) in [5.41, 5.74) is 9.88. The molecule has 0 atom stereocenters. The molecule has 0 rings (SSSR count). The van der Waals surface area contributed by atoms with Crippen molar-refractivity contribution in [3.05, 3.63) is 0 Å². The van der Waals surface area contributed by atoms with Gasteiger partial charge in [0.1, 0.15) is 0 Å². The van der Waals surface area contributed by atoms with E-state index in [-0.39, 0.29) is 5.24 Å². The largest absolute Gasteiger partial charge is 0.367 e. The maximum absolute atomic E-state index is 9.21. The second-order valence-electron chi connectivity index (χ2n) is 3.57. The third-order valence-electron chi connectivity index (χ3n) is 0.803. The SMILES string of the molecule is CC(=O)Cl.CCC.CCCN.CCCNC(=S)Cl.CCN. The van der Waals surface area contributed by atoms with E-state index in [2.05, 4.69) is 56.8 Å². The monoisotopic (exact) mass is 363 g/mol. The highest BCUT2D eigenvalue weighted by Crippen LogP contribution is 1.78. The summed E-state index contributed by atoms with van der Waals surface area (Å²) in [6, 6.07) is 0. The van der Waals surface area contributed by atoms with Gasteiger partial charge in [-0.05, 0) is 49.7 Å². The number of nitrogens with one attached hydrogen (secondary N) is 1. The van der Waals surface area contributed by atoms with Gasteiger partial charge in [0.25, 0.3) is 0 Å². The molecule has 21 heavy (non-hydrogen) atoms. The summed E-state index contributed by atoms with van der Waals surface area (Å²) in [7, 11) is 0. The summed E-state index contributed by atoms with van der Waals surface area (Å²) >= 11 is 14.4. The quantitative estimate of drug-likeness (QED) is 0.400. The average Bonchev–Trinajstić information content (AvgIpc) is 2.38. The van der Waals surface area contributed by atoms with E-state index in [1.165, 1.54) is 13.3 Å². The van der Waals surface area contributed by atoms with Gasteiger partial charge in [-0.25, -0.2) is 0 Å². The fourth-order valence-electron chi connectivity index (χ4n) is 0.223. The number of thiocarbonyl (C=S) groups is 1. The Hall–Kier alpha value is 0.0600. The van der Waals surface area contributed by atoms with Crippen molar-refractivity contribution in [3.8, 4) is 0 Å². The first-order valence-electron chi connectivity index (χ1n) is 7.24. The fourth-order valence-corrected chi connectivity index (χ4v) is 0.420. The summed E-state index contributed by atoms with van der Waals surface area (Å²) in [6.45, 7) is 14.0. The minimum atomic E-state index is -0.361. The molecule has 132 valence electrons. The number of carbonyl (C=O) groups excluding carboxylic acids is 1. The van der Waals surface area contributed by atoms with Gasteiger partial charge in [0.05, 0.1) is 0 Å². The van der Waals surface area contributed by atoms with Gasteiger partial charge in [0.15, 0.2) is 4.45 Å². The van der Waals surface area contributed by atoms with Gasteiger partial charge in [-0.1, -0.05) is 52.6 Å². The van der Waals surface area contributed by atoms with Crippen LogP contribution in [0, 0.1) is 0 Å². The molecule has 5 N–H and O–H groups in total. The van der Waals surface area contributed by atoms with Gasteiger partial charge in [0, 0.05) is 13.5 Å². The molecule has 0 aromatic rings. The number of hydrogen-bond acceptors (Lipinski definition) is 4. The Morgan fingerprint density at radius 3 is 1.33 bits per heavy atom. The Bertz CT molecular complexity index is 178. The topological polar surface area (TPSA) is 81.1 Å². The lowest BCUT2D eigenvalue weighted by atomic mass is 10.5. The van der Waals surface area contributed by atoms with Crippen molar-refractivity contribution in [2.75, 3.05) is 19.6 Å². The van der Waals surface area contributed by atoms with E-state index in [0.29, 0.717) is 4.45 Å². The Labute approximate surface area is 147 Å². The van der Waals surface area contributed by atoms with Crippen molar-refractivity contribution in [2.45, 2.75) is 60.8 Å². The fraction of sp³-hybridized carbons (Fsp3) is 0.857. The smallest absolute Gasteiger partial charge is 0.218 e. The van der Waals surface area contributed by atoms with Crippen molar-refractivity contribution < 1.29 is 4.79 Å². The zero-order valence-corrected chi connectivity index (χ0v) is 16.8. The molecule has 0 aliphatic rings. The molecular formula is C14H35Cl2N3OS. The summed E-state index contributed by atoms with van der Waals surface area (Å²) in [4.78, 5) is 9.21. The highest BCUT2D eigenvalue weighted by atomic mass is 35.5. The summed E-state index contributed by atoms with van der Waals surface area (Å²) in [5.74, 6) is 0. The van der Waals surface area contributed by atoms with Crippen LogP contribution < -0.4 is 16.8 Å². The van der Waals surface area contributed by atoms with Crippen LogP contribution in [0.5, 0.6) is 0 Å². The van der Waals surface area contributed by atoms with Crippen molar-refractivity contribution in [2.24, 2.45) is 11.5 Å². The average molecular weight is 364 g/mol. The van der Waals surface area contributed by atoms with Gasteiger partial charge < -0.3 is 16.8 Å². The zero-order valence-electron chi connectivity index (χ0n) is 14.5. The molecule has 4 nitrogen and oxygen atoms in total. The second-order valence-corrected chi connectivity index (χ2v) is 5.12. The van der Waals surface area contributed by atoms with E-state index in [0.717, 1.165) is 32.5 Å². The van der Waals surface area contributed by atoms with Crippen molar-refractivity contribution in [3.63, 3.8) is 0 Å². The van der Waals surface area contributed by atoms with Gasteiger partial charge in [-0.2, -0.15) is 0 Å². The molecule has 0 aromatic heterocycles. The molecule has 0 heterocycles. The predicted molar refractivity (Wildman–Crippen MR) is 103 cm³/mol. The number of halogens is 2. The molecule has 0 saturated heterocycles. The minimum Gasteiger partial charge on any atom is -0.367 e. The van der Waals surface area contributed by atoms with Crippen molar-refractivity contribution in [1.29, 1.82) is 0 Å². The molecule has 0 aliphatic heterocycles. The van der Waals surface area contributed by atoms with E-state index in [9.17, 15) is 4.79 Å². The maximum atomic E-state index is 9.21. The molecule has 0 radical (unpaired) electrons.